The Labute approximate surface area is 96.1 Å². The number of hydrogen-bond acceptors (Lipinski definition) is 2. The van der Waals surface area contributed by atoms with Gasteiger partial charge in [-0.05, 0) is 31.9 Å². The number of nitrogens with one attached hydrogen (secondary N) is 1. The summed E-state index contributed by atoms with van der Waals surface area (Å²) < 4.78 is 0. The van der Waals surface area contributed by atoms with Gasteiger partial charge in [0.15, 0.2) is 5.78 Å². The van der Waals surface area contributed by atoms with Gasteiger partial charge in [-0.15, -0.1) is 0 Å². The first-order valence-corrected chi connectivity index (χ1v) is 6.15. The van der Waals surface area contributed by atoms with Crippen molar-refractivity contribution in [1.29, 1.82) is 0 Å². The molecule has 2 nitrogen and oxygen atoms in total. The molecule has 1 aliphatic heterocycles. The lowest BCUT2D eigenvalue weighted by atomic mass is 9.79. The normalized spacial score (nSPS) is 21.9. The summed E-state index contributed by atoms with van der Waals surface area (Å²) >= 11 is 0. The molecule has 1 aromatic carbocycles. The van der Waals surface area contributed by atoms with Crippen LogP contribution in [0.4, 0.5) is 5.69 Å². The number of rotatable bonds is 0. The van der Waals surface area contributed by atoms with Gasteiger partial charge in [-0.3, -0.25) is 4.79 Å². The Kier molecular flexibility index (Phi) is 2.06. The third-order valence-corrected chi connectivity index (χ3v) is 3.94. The van der Waals surface area contributed by atoms with Crippen LogP contribution >= 0.6 is 0 Å². The Morgan fingerprint density at radius 2 is 1.94 bits per heavy atom. The van der Waals surface area contributed by atoms with Crippen molar-refractivity contribution in [1.82, 2.24) is 0 Å². The van der Waals surface area contributed by atoms with Gasteiger partial charge >= 0.3 is 0 Å². The molecule has 1 fully saturated rings. The van der Waals surface area contributed by atoms with E-state index in [4.69, 9.17) is 0 Å². The minimum absolute atomic E-state index is 0.256. The number of carbonyl (C=O) groups is 1. The number of carbonyl (C=O) groups excluding carboxylic acids is 1. The molecular weight excluding hydrogens is 198 g/mol. The average Bonchev–Trinajstić information content (AvgIpc) is 2.55. The molecule has 1 spiro atoms. The van der Waals surface area contributed by atoms with Gasteiger partial charge in [0, 0.05) is 11.3 Å². The first kappa shape index (κ1) is 9.88. The fourth-order valence-electron chi connectivity index (χ4n) is 3.03. The molecule has 0 aromatic heterocycles. The van der Waals surface area contributed by atoms with Gasteiger partial charge in [0.2, 0.25) is 0 Å². The highest BCUT2D eigenvalue weighted by Gasteiger charge is 2.45. The SMILES string of the molecule is Cc1ccc2c(c1)C(=O)C1(CCCCC1)N2. The van der Waals surface area contributed by atoms with Gasteiger partial charge in [0.1, 0.15) is 5.54 Å². The summed E-state index contributed by atoms with van der Waals surface area (Å²) in [6.45, 7) is 2.04. The van der Waals surface area contributed by atoms with Crippen molar-refractivity contribution < 1.29 is 4.79 Å². The lowest BCUT2D eigenvalue weighted by Gasteiger charge is -2.32. The molecule has 84 valence electrons. The fourth-order valence-corrected chi connectivity index (χ4v) is 3.03. The quantitative estimate of drug-likeness (QED) is 0.719. The maximum Gasteiger partial charge on any atom is 0.190 e. The van der Waals surface area contributed by atoms with Crippen LogP contribution in [-0.4, -0.2) is 11.3 Å². The largest absolute Gasteiger partial charge is 0.372 e. The van der Waals surface area contributed by atoms with Crippen molar-refractivity contribution >= 4 is 11.5 Å². The van der Waals surface area contributed by atoms with Crippen molar-refractivity contribution in [3.63, 3.8) is 0 Å². The lowest BCUT2D eigenvalue weighted by Crippen LogP contribution is -2.43. The summed E-state index contributed by atoms with van der Waals surface area (Å²) in [5.41, 5.74) is 2.86. The summed E-state index contributed by atoms with van der Waals surface area (Å²) in [5.74, 6) is 0.325. The second-order valence-electron chi connectivity index (χ2n) is 5.15. The van der Waals surface area contributed by atoms with Gasteiger partial charge in [0.25, 0.3) is 0 Å². The molecule has 3 rings (SSSR count). The highest BCUT2D eigenvalue weighted by atomic mass is 16.1. The van der Waals surface area contributed by atoms with E-state index in [9.17, 15) is 4.79 Å². The van der Waals surface area contributed by atoms with Crippen LogP contribution in [0.1, 0.15) is 48.0 Å². The predicted molar refractivity (Wildman–Crippen MR) is 64.9 cm³/mol. The third-order valence-electron chi connectivity index (χ3n) is 3.94. The molecule has 1 N–H and O–H groups in total. The molecule has 0 atom stereocenters. The summed E-state index contributed by atoms with van der Waals surface area (Å²) in [6.07, 6.45) is 5.61. The van der Waals surface area contributed by atoms with Gasteiger partial charge in [-0.2, -0.15) is 0 Å². The van der Waals surface area contributed by atoms with Crippen LogP contribution in [0.3, 0.4) is 0 Å². The van der Waals surface area contributed by atoms with E-state index in [0.717, 1.165) is 24.1 Å². The Balaban J connectivity index is 2.02. The van der Waals surface area contributed by atoms with Crippen LogP contribution < -0.4 is 5.32 Å². The second kappa shape index (κ2) is 3.34. The first-order chi connectivity index (χ1) is 7.71. The average molecular weight is 215 g/mol. The van der Waals surface area contributed by atoms with Gasteiger partial charge in [-0.1, -0.05) is 30.9 Å². The van der Waals surface area contributed by atoms with Crippen LogP contribution in [0.25, 0.3) is 0 Å². The smallest absolute Gasteiger partial charge is 0.190 e. The van der Waals surface area contributed by atoms with E-state index in [0.29, 0.717) is 5.78 Å². The second-order valence-corrected chi connectivity index (χ2v) is 5.15. The topological polar surface area (TPSA) is 29.1 Å². The number of hydrogen-bond donors (Lipinski definition) is 1. The molecule has 16 heavy (non-hydrogen) atoms. The Morgan fingerprint density at radius 1 is 1.19 bits per heavy atom. The molecule has 0 saturated heterocycles. The Bertz CT molecular complexity index is 444. The van der Waals surface area contributed by atoms with E-state index in [1.54, 1.807) is 0 Å². The fraction of sp³-hybridized carbons (Fsp3) is 0.500. The molecule has 0 amide bonds. The van der Waals surface area contributed by atoms with Crippen LogP contribution in [-0.2, 0) is 0 Å². The summed E-state index contributed by atoms with van der Waals surface area (Å²) in [7, 11) is 0. The van der Waals surface area contributed by atoms with Crippen molar-refractivity contribution in [2.75, 3.05) is 5.32 Å². The van der Waals surface area contributed by atoms with Crippen molar-refractivity contribution in [2.45, 2.75) is 44.6 Å². The highest BCUT2D eigenvalue weighted by molar-refractivity contribution is 6.13. The minimum atomic E-state index is -0.256. The van der Waals surface area contributed by atoms with Crippen LogP contribution in [0.15, 0.2) is 18.2 Å². The number of benzene rings is 1. The van der Waals surface area contributed by atoms with E-state index in [2.05, 4.69) is 11.4 Å². The van der Waals surface area contributed by atoms with Crippen LogP contribution in [0, 0.1) is 6.92 Å². The van der Waals surface area contributed by atoms with Crippen LogP contribution in [0.2, 0.25) is 0 Å². The Hall–Kier alpha value is -1.31. The predicted octanol–water partition coefficient (Wildman–Crippen LogP) is 3.31. The van der Waals surface area contributed by atoms with E-state index in [1.165, 1.54) is 24.8 Å². The third kappa shape index (κ3) is 1.29. The number of aryl methyl sites for hydroxylation is 1. The summed E-state index contributed by atoms with van der Waals surface area (Å²) in [4.78, 5) is 12.5. The number of anilines is 1. The van der Waals surface area contributed by atoms with Crippen molar-refractivity contribution in [3.05, 3.63) is 29.3 Å². The van der Waals surface area contributed by atoms with Crippen molar-refractivity contribution in [3.8, 4) is 0 Å². The van der Waals surface area contributed by atoms with E-state index in [-0.39, 0.29) is 5.54 Å². The molecule has 1 heterocycles. The summed E-state index contributed by atoms with van der Waals surface area (Å²) in [5, 5.41) is 3.48. The minimum Gasteiger partial charge on any atom is -0.372 e. The molecule has 2 heteroatoms. The number of Topliss-reactive ketones (excluding diaryl/α,β-unsaturated/α-hetero) is 1. The van der Waals surface area contributed by atoms with E-state index >= 15 is 0 Å². The maximum absolute atomic E-state index is 12.5. The standard InChI is InChI=1S/C14H17NO/c1-10-5-6-12-11(9-10)13(16)14(15-12)7-3-2-4-8-14/h5-6,9,15H,2-4,7-8H2,1H3. The van der Waals surface area contributed by atoms with Crippen molar-refractivity contribution in [2.24, 2.45) is 0 Å². The Morgan fingerprint density at radius 3 is 2.69 bits per heavy atom. The van der Waals surface area contributed by atoms with Gasteiger partial charge in [-0.25, -0.2) is 0 Å². The first-order valence-electron chi connectivity index (χ1n) is 6.15. The zero-order valence-electron chi connectivity index (χ0n) is 9.68. The molecule has 0 radical (unpaired) electrons. The molecule has 0 unspecified atom stereocenters. The summed E-state index contributed by atoms with van der Waals surface area (Å²) in [6, 6.07) is 6.14. The zero-order valence-corrected chi connectivity index (χ0v) is 9.68. The lowest BCUT2D eigenvalue weighted by molar-refractivity contribution is 0.0886. The zero-order chi connectivity index (χ0) is 11.2. The maximum atomic E-state index is 12.5. The number of fused-ring (bicyclic) bond motifs is 1. The molecule has 2 aliphatic rings. The monoisotopic (exact) mass is 215 g/mol. The van der Waals surface area contributed by atoms with Crippen LogP contribution in [0.5, 0.6) is 0 Å². The molecule has 0 bridgehead atoms. The molecular formula is C14H17NO. The van der Waals surface area contributed by atoms with Gasteiger partial charge in [0.05, 0.1) is 0 Å². The number of ketones is 1. The molecule has 1 aliphatic carbocycles. The molecule has 1 saturated carbocycles. The highest BCUT2D eigenvalue weighted by Crippen LogP contribution is 2.41. The molecule has 1 aromatic rings. The van der Waals surface area contributed by atoms with E-state index < -0.39 is 0 Å². The van der Waals surface area contributed by atoms with E-state index in [1.807, 2.05) is 19.1 Å². The van der Waals surface area contributed by atoms with Gasteiger partial charge < -0.3 is 5.32 Å².